The monoisotopic (exact) mass is 293 g/mol. The largest absolute Gasteiger partial charge is 0.507 e. The fourth-order valence-corrected chi connectivity index (χ4v) is 1.57. The molecular weight excluding hydrogens is 281 g/mol. The van der Waals surface area contributed by atoms with Crippen LogP contribution in [0.15, 0.2) is 24.3 Å². The maximum absolute atomic E-state index is 13.6. The number of phenolic OH excluding ortho intramolecular Hbond substituents is 1. The molecule has 0 saturated carbocycles. The highest BCUT2D eigenvalue weighted by Gasteiger charge is 2.18. The van der Waals surface area contributed by atoms with Gasteiger partial charge in [-0.15, -0.1) is 0 Å². The van der Waals surface area contributed by atoms with Crippen molar-refractivity contribution >= 4 is 11.9 Å². The van der Waals surface area contributed by atoms with E-state index in [0.29, 0.717) is 0 Å². The predicted molar refractivity (Wildman–Crippen MR) is 71.2 cm³/mol. The molecular formula is C13H12FN3O4. The lowest BCUT2D eigenvalue weighted by atomic mass is 10.2. The molecule has 0 saturated heterocycles. The van der Waals surface area contributed by atoms with Crippen molar-refractivity contribution in [3.05, 3.63) is 35.6 Å². The Bertz CT molecular complexity index is 636. The Morgan fingerprint density at radius 2 is 1.86 bits per heavy atom. The number of methoxy groups -OCH3 is 2. The van der Waals surface area contributed by atoms with Gasteiger partial charge in [0, 0.05) is 0 Å². The number of nitrogens with one attached hydrogen (secondary N) is 1. The van der Waals surface area contributed by atoms with Crippen LogP contribution in [0.1, 0.15) is 10.4 Å². The summed E-state index contributed by atoms with van der Waals surface area (Å²) >= 11 is 0. The van der Waals surface area contributed by atoms with E-state index >= 15 is 0 Å². The number of hydrogen-bond acceptors (Lipinski definition) is 6. The van der Waals surface area contributed by atoms with Gasteiger partial charge in [0.25, 0.3) is 5.91 Å². The number of hydrogen-bond donors (Lipinski definition) is 2. The summed E-state index contributed by atoms with van der Waals surface area (Å²) in [5.41, 5.74) is -0.497. The molecule has 21 heavy (non-hydrogen) atoms. The maximum Gasteiger partial charge on any atom is 0.264 e. The van der Waals surface area contributed by atoms with E-state index < -0.39 is 23.0 Å². The minimum atomic E-state index is -0.888. The number of anilines is 1. The van der Waals surface area contributed by atoms with Gasteiger partial charge in [-0.2, -0.15) is 9.97 Å². The predicted octanol–water partition coefficient (Wildman–Crippen LogP) is 1.59. The summed E-state index contributed by atoms with van der Waals surface area (Å²) in [6, 6.07) is 4.95. The first-order chi connectivity index (χ1) is 10.0. The summed E-state index contributed by atoms with van der Waals surface area (Å²) in [4.78, 5) is 19.7. The van der Waals surface area contributed by atoms with Gasteiger partial charge in [0.1, 0.15) is 17.1 Å². The Hall–Kier alpha value is -2.90. The number of nitrogens with zero attached hydrogens (tertiary/aromatic N) is 2. The summed E-state index contributed by atoms with van der Waals surface area (Å²) in [6.07, 6.45) is 0. The molecule has 1 amide bonds. The van der Waals surface area contributed by atoms with Crippen LogP contribution in [0.5, 0.6) is 17.5 Å². The molecule has 2 aromatic rings. The first-order valence-electron chi connectivity index (χ1n) is 5.81. The topological polar surface area (TPSA) is 93.6 Å². The van der Waals surface area contributed by atoms with E-state index in [4.69, 9.17) is 9.47 Å². The van der Waals surface area contributed by atoms with E-state index in [2.05, 4.69) is 15.3 Å². The lowest BCUT2D eigenvalue weighted by Gasteiger charge is -2.08. The fraction of sp³-hybridized carbons (Fsp3) is 0.154. The zero-order chi connectivity index (χ0) is 15.4. The molecule has 0 bridgehead atoms. The summed E-state index contributed by atoms with van der Waals surface area (Å²) in [7, 11) is 2.77. The maximum atomic E-state index is 13.6. The number of rotatable bonds is 4. The molecule has 0 aliphatic carbocycles. The average Bonchev–Trinajstić information content (AvgIpc) is 2.46. The van der Waals surface area contributed by atoms with Crippen LogP contribution in [-0.2, 0) is 0 Å². The first-order valence-corrected chi connectivity index (χ1v) is 5.81. The molecule has 110 valence electrons. The van der Waals surface area contributed by atoms with Gasteiger partial charge >= 0.3 is 0 Å². The van der Waals surface area contributed by atoms with Crippen molar-refractivity contribution in [3.63, 3.8) is 0 Å². The van der Waals surface area contributed by atoms with Gasteiger partial charge in [-0.25, -0.2) is 4.39 Å². The molecule has 0 unspecified atom stereocenters. The zero-order valence-corrected chi connectivity index (χ0v) is 11.3. The quantitative estimate of drug-likeness (QED) is 0.889. The second-order valence-corrected chi connectivity index (χ2v) is 3.86. The van der Waals surface area contributed by atoms with Crippen molar-refractivity contribution in [2.24, 2.45) is 0 Å². The van der Waals surface area contributed by atoms with Crippen molar-refractivity contribution in [2.75, 3.05) is 19.5 Å². The molecule has 1 aromatic carbocycles. The molecule has 0 spiro atoms. The number of aromatic hydroxyl groups is 1. The highest BCUT2D eigenvalue weighted by molar-refractivity contribution is 6.05. The van der Waals surface area contributed by atoms with Crippen LogP contribution in [-0.4, -0.2) is 35.2 Å². The van der Waals surface area contributed by atoms with Crippen LogP contribution < -0.4 is 14.8 Å². The van der Waals surface area contributed by atoms with E-state index in [0.717, 1.165) is 6.07 Å². The summed E-state index contributed by atoms with van der Waals surface area (Å²) < 4.78 is 23.4. The first kappa shape index (κ1) is 14.5. The SMILES string of the molecule is COc1cc(OC)nc(NC(=O)c2c(O)cccc2F)n1. The van der Waals surface area contributed by atoms with Crippen LogP contribution in [0.4, 0.5) is 10.3 Å². The summed E-state index contributed by atoms with van der Waals surface area (Å²) in [6.45, 7) is 0. The Balaban J connectivity index is 2.31. The number of ether oxygens (including phenoxy) is 2. The van der Waals surface area contributed by atoms with Crippen LogP contribution in [0.25, 0.3) is 0 Å². The number of aromatic nitrogens is 2. The molecule has 2 N–H and O–H groups in total. The molecule has 2 rings (SSSR count). The van der Waals surface area contributed by atoms with Gasteiger partial charge in [0.2, 0.25) is 17.7 Å². The van der Waals surface area contributed by atoms with Gasteiger partial charge in [-0.05, 0) is 12.1 Å². The van der Waals surface area contributed by atoms with Crippen molar-refractivity contribution in [1.29, 1.82) is 0 Å². The van der Waals surface area contributed by atoms with Crippen molar-refractivity contribution in [2.45, 2.75) is 0 Å². The van der Waals surface area contributed by atoms with E-state index in [1.807, 2.05) is 0 Å². The molecule has 0 aliphatic rings. The minimum absolute atomic E-state index is 0.140. The van der Waals surface area contributed by atoms with Gasteiger partial charge in [0.05, 0.1) is 20.3 Å². The molecule has 1 heterocycles. The fourth-order valence-electron chi connectivity index (χ4n) is 1.57. The second kappa shape index (κ2) is 6.04. The highest BCUT2D eigenvalue weighted by atomic mass is 19.1. The molecule has 8 heteroatoms. The van der Waals surface area contributed by atoms with Crippen molar-refractivity contribution in [3.8, 4) is 17.5 Å². The van der Waals surface area contributed by atoms with Crippen LogP contribution in [0.3, 0.4) is 0 Å². The molecule has 0 atom stereocenters. The number of amides is 1. The Labute approximate surface area is 119 Å². The van der Waals surface area contributed by atoms with E-state index in [1.54, 1.807) is 0 Å². The van der Waals surface area contributed by atoms with E-state index in [1.165, 1.54) is 32.4 Å². The number of carbonyl (C=O) groups excluding carboxylic acids is 1. The number of carbonyl (C=O) groups is 1. The van der Waals surface area contributed by atoms with Gasteiger partial charge in [0.15, 0.2) is 0 Å². The van der Waals surface area contributed by atoms with Crippen molar-refractivity contribution in [1.82, 2.24) is 9.97 Å². The molecule has 1 aromatic heterocycles. The molecule has 0 radical (unpaired) electrons. The van der Waals surface area contributed by atoms with E-state index in [9.17, 15) is 14.3 Å². The lowest BCUT2D eigenvalue weighted by molar-refractivity contribution is 0.101. The molecule has 7 nitrogen and oxygen atoms in total. The van der Waals surface area contributed by atoms with Gasteiger partial charge < -0.3 is 14.6 Å². The molecule has 0 aliphatic heterocycles. The van der Waals surface area contributed by atoms with Crippen LogP contribution >= 0.6 is 0 Å². The zero-order valence-electron chi connectivity index (χ0n) is 11.3. The Morgan fingerprint density at radius 1 is 1.24 bits per heavy atom. The number of phenols is 1. The summed E-state index contributed by atoms with van der Waals surface area (Å²) in [5.74, 6) is -2.05. The van der Waals surface area contributed by atoms with E-state index in [-0.39, 0.29) is 17.7 Å². The van der Waals surface area contributed by atoms with Crippen LogP contribution in [0, 0.1) is 5.82 Å². The average molecular weight is 293 g/mol. The highest BCUT2D eigenvalue weighted by Crippen LogP contribution is 2.22. The normalized spacial score (nSPS) is 10.0. The Kier molecular flexibility index (Phi) is 4.17. The third-order valence-corrected chi connectivity index (χ3v) is 2.54. The lowest BCUT2D eigenvalue weighted by Crippen LogP contribution is -2.16. The van der Waals surface area contributed by atoms with Crippen molar-refractivity contribution < 1.29 is 23.8 Å². The third kappa shape index (κ3) is 3.16. The molecule has 0 fully saturated rings. The number of halogens is 1. The number of benzene rings is 1. The third-order valence-electron chi connectivity index (χ3n) is 2.54. The minimum Gasteiger partial charge on any atom is -0.507 e. The standard InChI is InChI=1S/C13H12FN3O4/c1-20-9-6-10(21-2)16-13(15-9)17-12(19)11-7(14)4-3-5-8(11)18/h3-6,18H,1-2H3,(H,15,16,17,19). The van der Waals surface area contributed by atoms with Gasteiger partial charge in [-0.1, -0.05) is 6.07 Å². The smallest absolute Gasteiger partial charge is 0.264 e. The van der Waals surface area contributed by atoms with Crippen LogP contribution in [0.2, 0.25) is 0 Å². The van der Waals surface area contributed by atoms with Gasteiger partial charge in [-0.3, -0.25) is 10.1 Å². The Morgan fingerprint density at radius 3 is 2.38 bits per heavy atom. The second-order valence-electron chi connectivity index (χ2n) is 3.86. The summed E-state index contributed by atoms with van der Waals surface area (Å²) in [5, 5.41) is 11.8.